The van der Waals surface area contributed by atoms with Crippen molar-refractivity contribution in [3.8, 4) is 0 Å². The van der Waals surface area contributed by atoms with Gasteiger partial charge < -0.3 is 10.6 Å². The summed E-state index contributed by atoms with van der Waals surface area (Å²) in [7, 11) is 0. The molecule has 1 saturated carbocycles. The van der Waals surface area contributed by atoms with Gasteiger partial charge in [-0.25, -0.2) is 0 Å². The van der Waals surface area contributed by atoms with Crippen molar-refractivity contribution in [2.75, 3.05) is 19.0 Å². The van der Waals surface area contributed by atoms with Crippen LogP contribution in [0.4, 0.5) is 0 Å². The Morgan fingerprint density at radius 2 is 2.12 bits per heavy atom. The lowest BCUT2D eigenvalue weighted by atomic mass is 9.70. The third-order valence-corrected chi connectivity index (χ3v) is 4.96. The number of amides is 1. The third kappa shape index (κ3) is 2.76. The van der Waals surface area contributed by atoms with Gasteiger partial charge >= 0.3 is 0 Å². The molecule has 1 spiro atoms. The molecule has 0 aromatic heterocycles. The van der Waals surface area contributed by atoms with Gasteiger partial charge in [0.25, 0.3) is 0 Å². The molecule has 17 heavy (non-hydrogen) atoms. The summed E-state index contributed by atoms with van der Waals surface area (Å²) in [6, 6.07) is -0.357. The number of carbonyl (C=O) groups is 1. The zero-order chi connectivity index (χ0) is 12.5. The molecule has 2 N–H and O–H groups in total. The van der Waals surface area contributed by atoms with E-state index in [4.69, 9.17) is 17.3 Å². The monoisotopic (exact) mass is 258 g/mol. The number of hydrogen-bond donors (Lipinski definition) is 1. The molecule has 2 aliphatic rings. The Morgan fingerprint density at radius 1 is 1.47 bits per heavy atom. The van der Waals surface area contributed by atoms with Crippen molar-refractivity contribution in [2.24, 2.45) is 17.1 Å². The Morgan fingerprint density at radius 3 is 2.65 bits per heavy atom. The van der Waals surface area contributed by atoms with Crippen LogP contribution in [0.3, 0.4) is 0 Å². The number of likely N-dealkylation sites (tertiary alicyclic amines) is 1. The van der Waals surface area contributed by atoms with Crippen LogP contribution in [0.15, 0.2) is 0 Å². The number of nitrogens with zero attached hydrogens (tertiary/aromatic N) is 1. The fourth-order valence-electron chi connectivity index (χ4n) is 3.26. The van der Waals surface area contributed by atoms with Crippen LogP contribution < -0.4 is 5.73 Å². The Kier molecular flexibility index (Phi) is 3.99. The van der Waals surface area contributed by atoms with Crippen molar-refractivity contribution in [3.63, 3.8) is 0 Å². The van der Waals surface area contributed by atoms with E-state index in [-0.39, 0.29) is 11.9 Å². The van der Waals surface area contributed by atoms with Gasteiger partial charge in [-0.3, -0.25) is 4.79 Å². The fraction of sp³-hybridized carbons (Fsp3) is 0.923. The van der Waals surface area contributed by atoms with Crippen molar-refractivity contribution in [1.29, 1.82) is 0 Å². The second kappa shape index (κ2) is 5.15. The maximum atomic E-state index is 11.9. The molecule has 98 valence electrons. The van der Waals surface area contributed by atoms with Gasteiger partial charge in [0.05, 0.1) is 6.04 Å². The van der Waals surface area contributed by atoms with Crippen LogP contribution in [0.5, 0.6) is 0 Å². The summed E-state index contributed by atoms with van der Waals surface area (Å²) < 4.78 is 0. The van der Waals surface area contributed by atoms with Crippen LogP contribution in [0, 0.1) is 11.3 Å². The van der Waals surface area contributed by atoms with Crippen LogP contribution in [0.25, 0.3) is 0 Å². The first kappa shape index (κ1) is 13.2. The molecule has 0 unspecified atom stereocenters. The topological polar surface area (TPSA) is 46.3 Å². The highest BCUT2D eigenvalue weighted by atomic mass is 35.5. The van der Waals surface area contributed by atoms with Gasteiger partial charge in [0, 0.05) is 19.0 Å². The summed E-state index contributed by atoms with van der Waals surface area (Å²) in [4.78, 5) is 13.8. The van der Waals surface area contributed by atoms with E-state index in [9.17, 15) is 4.79 Å². The Bertz CT molecular complexity index is 285. The first-order chi connectivity index (χ1) is 8.06. The minimum absolute atomic E-state index is 0.112. The predicted molar refractivity (Wildman–Crippen MR) is 70.0 cm³/mol. The lowest BCUT2D eigenvalue weighted by Crippen LogP contribution is -2.42. The maximum absolute atomic E-state index is 11.9. The van der Waals surface area contributed by atoms with Crippen molar-refractivity contribution < 1.29 is 4.79 Å². The third-order valence-electron chi connectivity index (χ3n) is 4.52. The average Bonchev–Trinajstić information content (AvgIpc) is 2.73. The number of rotatable bonds is 2. The van der Waals surface area contributed by atoms with E-state index in [0.29, 0.717) is 11.3 Å². The molecular weight excluding hydrogens is 236 g/mol. The molecule has 2 rings (SSSR count). The molecule has 1 aliphatic carbocycles. The molecular formula is C13H23ClN2O. The molecule has 1 atom stereocenters. The zero-order valence-electron chi connectivity index (χ0n) is 10.6. The number of halogens is 1. The van der Waals surface area contributed by atoms with Crippen LogP contribution in [-0.4, -0.2) is 35.8 Å². The Labute approximate surface area is 109 Å². The van der Waals surface area contributed by atoms with Gasteiger partial charge in [-0.1, -0.05) is 0 Å². The zero-order valence-corrected chi connectivity index (χ0v) is 11.4. The number of alkyl halides is 1. The quantitative estimate of drug-likeness (QED) is 0.770. The Balaban J connectivity index is 1.91. The predicted octanol–water partition coefficient (Wildman–Crippen LogP) is 1.98. The van der Waals surface area contributed by atoms with Gasteiger partial charge in [0.15, 0.2) is 0 Å². The van der Waals surface area contributed by atoms with Crippen molar-refractivity contribution in [2.45, 2.75) is 45.1 Å². The van der Waals surface area contributed by atoms with Crippen molar-refractivity contribution in [3.05, 3.63) is 0 Å². The maximum Gasteiger partial charge on any atom is 0.239 e. The molecule has 1 saturated heterocycles. The lowest BCUT2D eigenvalue weighted by Gasteiger charge is -2.36. The number of hydrogen-bond acceptors (Lipinski definition) is 2. The van der Waals surface area contributed by atoms with Crippen LogP contribution in [0.2, 0.25) is 0 Å². The summed E-state index contributed by atoms with van der Waals surface area (Å²) in [5.74, 6) is 1.60. The van der Waals surface area contributed by atoms with E-state index < -0.39 is 0 Å². The molecule has 1 amide bonds. The minimum Gasteiger partial charge on any atom is -0.341 e. The molecule has 0 radical (unpaired) electrons. The molecule has 1 aliphatic heterocycles. The molecule has 0 aromatic rings. The highest BCUT2D eigenvalue weighted by molar-refractivity contribution is 6.18. The van der Waals surface area contributed by atoms with Gasteiger partial charge in [-0.2, -0.15) is 0 Å². The van der Waals surface area contributed by atoms with E-state index in [2.05, 4.69) is 0 Å². The first-order valence-corrected chi connectivity index (χ1v) is 7.20. The summed E-state index contributed by atoms with van der Waals surface area (Å²) in [6.45, 7) is 3.59. The largest absolute Gasteiger partial charge is 0.341 e. The lowest BCUT2D eigenvalue weighted by molar-refractivity contribution is -0.131. The van der Waals surface area contributed by atoms with E-state index in [1.54, 1.807) is 6.92 Å². The minimum atomic E-state index is -0.357. The highest BCUT2D eigenvalue weighted by Crippen LogP contribution is 2.45. The highest BCUT2D eigenvalue weighted by Gasteiger charge is 2.42. The van der Waals surface area contributed by atoms with Crippen molar-refractivity contribution >= 4 is 17.5 Å². The van der Waals surface area contributed by atoms with Gasteiger partial charge in [-0.15, -0.1) is 11.6 Å². The second-order valence-electron chi connectivity index (χ2n) is 5.90. The Hall–Kier alpha value is -0.280. The smallest absolute Gasteiger partial charge is 0.239 e. The standard InChI is InChI=1S/C13H23ClN2O/c1-10(15)12(17)16-7-6-13(9-16)4-2-11(8-14)3-5-13/h10-11H,2-9,15H2,1H3/t10-,11?,13?/m0/s1. The van der Waals surface area contributed by atoms with Crippen LogP contribution in [-0.2, 0) is 4.79 Å². The molecule has 0 bridgehead atoms. The summed E-state index contributed by atoms with van der Waals surface area (Å²) >= 11 is 5.92. The van der Waals surface area contributed by atoms with E-state index >= 15 is 0 Å². The summed E-state index contributed by atoms with van der Waals surface area (Å²) in [5.41, 5.74) is 6.05. The number of carbonyl (C=O) groups excluding carboxylic acids is 1. The summed E-state index contributed by atoms with van der Waals surface area (Å²) in [6.07, 6.45) is 6.06. The normalized spacial score (nSPS) is 35.2. The molecule has 2 fully saturated rings. The summed E-state index contributed by atoms with van der Waals surface area (Å²) in [5, 5.41) is 0. The van der Waals surface area contributed by atoms with E-state index in [1.807, 2.05) is 4.90 Å². The van der Waals surface area contributed by atoms with Gasteiger partial charge in [-0.05, 0) is 50.4 Å². The van der Waals surface area contributed by atoms with Crippen molar-refractivity contribution in [1.82, 2.24) is 4.90 Å². The molecule has 1 heterocycles. The average molecular weight is 259 g/mol. The SMILES string of the molecule is C[C@H](N)C(=O)N1CCC2(CCC(CCl)CC2)C1. The fourth-order valence-corrected chi connectivity index (χ4v) is 3.57. The molecule has 0 aromatic carbocycles. The van der Waals surface area contributed by atoms with Crippen LogP contribution >= 0.6 is 11.6 Å². The molecule has 4 heteroatoms. The number of nitrogens with two attached hydrogens (primary N) is 1. The van der Waals surface area contributed by atoms with E-state index in [1.165, 1.54) is 25.7 Å². The van der Waals surface area contributed by atoms with Crippen LogP contribution in [0.1, 0.15) is 39.0 Å². The van der Waals surface area contributed by atoms with E-state index in [0.717, 1.165) is 25.4 Å². The first-order valence-electron chi connectivity index (χ1n) is 6.67. The molecule has 3 nitrogen and oxygen atoms in total. The van der Waals surface area contributed by atoms with Gasteiger partial charge in [0.2, 0.25) is 5.91 Å². The second-order valence-corrected chi connectivity index (χ2v) is 6.20. The van der Waals surface area contributed by atoms with Gasteiger partial charge in [0.1, 0.15) is 0 Å².